The van der Waals surface area contributed by atoms with Gasteiger partial charge in [-0.2, -0.15) is 0 Å². The van der Waals surface area contributed by atoms with Gasteiger partial charge in [-0.3, -0.25) is 9.59 Å². The number of hydrogen-bond acceptors (Lipinski definition) is 2. The Labute approximate surface area is 155 Å². The molecule has 1 aliphatic heterocycles. The maximum absolute atomic E-state index is 13.2. The van der Waals surface area contributed by atoms with Crippen LogP contribution in [0.5, 0.6) is 0 Å². The highest BCUT2D eigenvalue weighted by atomic mass is 16.2. The van der Waals surface area contributed by atoms with E-state index in [0.29, 0.717) is 25.9 Å². The Morgan fingerprint density at radius 1 is 1.08 bits per heavy atom. The molecule has 0 saturated carbocycles. The smallest absolute Gasteiger partial charge is 0.228 e. The van der Waals surface area contributed by atoms with Gasteiger partial charge in [0.1, 0.15) is 0 Å². The number of hydrogen-bond donors (Lipinski definition) is 0. The molecule has 0 spiro atoms. The van der Waals surface area contributed by atoms with Gasteiger partial charge in [0.05, 0.1) is 12.0 Å². The van der Waals surface area contributed by atoms with Crippen molar-refractivity contribution in [1.82, 2.24) is 9.80 Å². The molecule has 26 heavy (non-hydrogen) atoms. The predicted molar refractivity (Wildman–Crippen MR) is 102 cm³/mol. The van der Waals surface area contributed by atoms with Crippen LogP contribution in [0.1, 0.15) is 36.9 Å². The number of carbonyl (C=O) groups is 2. The summed E-state index contributed by atoms with van der Waals surface area (Å²) in [4.78, 5) is 29.3. The van der Waals surface area contributed by atoms with Crippen molar-refractivity contribution in [3.05, 3.63) is 71.8 Å². The van der Waals surface area contributed by atoms with Crippen LogP contribution in [0.2, 0.25) is 0 Å². The highest BCUT2D eigenvalue weighted by Crippen LogP contribution is 2.37. The first kappa shape index (κ1) is 18.2. The molecule has 0 aromatic heterocycles. The molecule has 0 unspecified atom stereocenters. The molecular formula is C22H26N2O2. The summed E-state index contributed by atoms with van der Waals surface area (Å²) in [5, 5.41) is 0. The van der Waals surface area contributed by atoms with Crippen molar-refractivity contribution in [2.45, 2.75) is 32.4 Å². The SMILES string of the molecule is CCN1C(=O)CC[C@@H](C(=O)N(C)Cc2ccccc2)[C@@H]1c1ccccc1. The van der Waals surface area contributed by atoms with E-state index in [0.717, 1.165) is 11.1 Å². The molecular weight excluding hydrogens is 324 g/mol. The van der Waals surface area contributed by atoms with Crippen molar-refractivity contribution < 1.29 is 9.59 Å². The standard InChI is InChI=1S/C22H26N2O2/c1-3-24-20(25)15-14-19(21(24)18-12-8-5-9-13-18)22(26)23(2)16-17-10-6-4-7-11-17/h4-13,19,21H,3,14-16H2,1-2H3/t19-,21+/m1/s1. The van der Waals surface area contributed by atoms with Crippen molar-refractivity contribution in [3.8, 4) is 0 Å². The van der Waals surface area contributed by atoms with E-state index in [2.05, 4.69) is 0 Å². The van der Waals surface area contributed by atoms with Crippen LogP contribution < -0.4 is 0 Å². The molecule has 4 heteroatoms. The Balaban J connectivity index is 1.85. The third-order valence-electron chi connectivity index (χ3n) is 5.14. The summed E-state index contributed by atoms with van der Waals surface area (Å²) in [6.07, 6.45) is 1.04. The number of benzene rings is 2. The van der Waals surface area contributed by atoms with Crippen molar-refractivity contribution in [3.63, 3.8) is 0 Å². The molecule has 1 aliphatic rings. The Bertz CT molecular complexity index is 745. The minimum absolute atomic E-state index is 0.105. The van der Waals surface area contributed by atoms with E-state index in [-0.39, 0.29) is 23.8 Å². The third-order valence-corrected chi connectivity index (χ3v) is 5.14. The Morgan fingerprint density at radius 3 is 2.31 bits per heavy atom. The molecule has 2 aromatic carbocycles. The second kappa shape index (κ2) is 8.17. The molecule has 3 rings (SSSR count). The lowest BCUT2D eigenvalue weighted by Gasteiger charge is -2.41. The van der Waals surface area contributed by atoms with Gasteiger partial charge >= 0.3 is 0 Å². The fraction of sp³-hybridized carbons (Fsp3) is 0.364. The minimum Gasteiger partial charge on any atom is -0.341 e. The fourth-order valence-corrected chi connectivity index (χ4v) is 3.87. The van der Waals surface area contributed by atoms with Crippen LogP contribution >= 0.6 is 0 Å². The van der Waals surface area contributed by atoms with Gasteiger partial charge in [0.2, 0.25) is 11.8 Å². The topological polar surface area (TPSA) is 40.6 Å². The largest absolute Gasteiger partial charge is 0.341 e. The van der Waals surface area contributed by atoms with Crippen LogP contribution in [0, 0.1) is 5.92 Å². The lowest BCUT2D eigenvalue weighted by Crippen LogP contribution is -2.48. The number of rotatable bonds is 5. The molecule has 0 radical (unpaired) electrons. The van der Waals surface area contributed by atoms with Gasteiger partial charge < -0.3 is 9.80 Å². The average molecular weight is 350 g/mol. The summed E-state index contributed by atoms with van der Waals surface area (Å²) in [6, 6.07) is 19.8. The van der Waals surface area contributed by atoms with E-state index < -0.39 is 0 Å². The zero-order valence-electron chi connectivity index (χ0n) is 15.5. The molecule has 136 valence electrons. The van der Waals surface area contributed by atoms with Crippen molar-refractivity contribution >= 4 is 11.8 Å². The summed E-state index contributed by atoms with van der Waals surface area (Å²) in [5.74, 6) is 0.0357. The molecule has 2 atom stereocenters. The highest BCUT2D eigenvalue weighted by Gasteiger charge is 2.40. The number of amides is 2. The van der Waals surface area contributed by atoms with Gasteiger partial charge in [0, 0.05) is 26.6 Å². The quantitative estimate of drug-likeness (QED) is 0.826. The van der Waals surface area contributed by atoms with Gasteiger partial charge in [0.15, 0.2) is 0 Å². The second-order valence-electron chi connectivity index (χ2n) is 6.86. The van der Waals surface area contributed by atoms with Crippen LogP contribution in [0.4, 0.5) is 0 Å². The first-order valence-electron chi connectivity index (χ1n) is 9.25. The van der Waals surface area contributed by atoms with Gasteiger partial charge in [-0.15, -0.1) is 0 Å². The summed E-state index contributed by atoms with van der Waals surface area (Å²) >= 11 is 0. The zero-order chi connectivity index (χ0) is 18.5. The lowest BCUT2D eigenvalue weighted by atomic mass is 9.83. The lowest BCUT2D eigenvalue weighted by molar-refractivity contribution is -0.147. The van der Waals surface area contributed by atoms with Crippen LogP contribution in [0.3, 0.4) is 0 Å². The summed E-state index contributed by atoms with van der Waals surface area (Å²) in [7, 11) is 1.85. The molecule has 2 amide bonds. The van der Waals surface area contributed by atoms with Crippen LogP contribution in [-0.4, -0.2) is 35.2 Å². The van der Waals surface area contributed by atoms with Gasteiger partial charge in [-0.25, -0.2) is 0 Å². The van der Waals surface area contributed by atoms with Crippen molar-refractivity contribution in [2.24, 2.45) is 5.92 Å². The Kier molecular flexibility index (Phi) is 5.71. The Hall–Kier alpha value is -2.62. The molecule has 0 N–H and O–H groups in total. The number of piperidine rings is 1. The first-order valence-corrected chi connectivity index (χ1v) is 9.25. The summed E-state index contributed by atoms with van der Waals surface area (Å²) in [6.45, 7) is 3.18. The molecule has 1 fully saturated rings. The number of nitrogens with zero attached hydrogens (tertiary/aromatic N) is 2. The van der Waals surface area contributed by atoms with E-state index in [9.17, 15) is 9.59 Å². The monoisotopic (exact) mass is 350 g/mol. The van der Waals surface area contributed by atoms with Crippen molar-refractivity contribution in [2.75, 3.05) is 13.6 Å². The Morgan fingerprint density at radius 2 is 1.69 bits per heavy atom. The van der Waals surface area contributed by atoms with Crippen LogP contribution in [-0.2, 0) is 16.1 Å². The van der Waals surface area contributed by atoms with Crippen LogP contribution in [0.25, 0.3) is 0 Å². The third kappa shape index (κ3) is 3.79. The maximum Gasteiger partial charge on any atom is 0.228 e. The van der Waals surface area contributed by atoms with Gasteiger partial charge in [-0.1, -0.05) is 60.7 Å². The normalized spacial score (nSPS) is 20.1. The number of likely N-dealkylation sites (tertiary alicyclic amines) is 1. The van der Waals surface area contributed by atoms with E-state index >= 15 is 0 Å². The molecule has 0 bridgehead atoms. The first-order chi connectivity index (χ1) is 12.6. The van der Waals surface area contributed by atoms with Crippen LogP contribution in [0.15, 0.2) is 60.7 Å². The summed E-state index contributed by atoms with van der Waals surface area (Å²) < 4.78 is 0. The fourth-order valence-electron chi connectivity index (χ4n) is 3.87. The van der Waals surface area contributed by atoms with E-state index in [1.54, 1.807) is 4.90 Å². The molecule has 2 aromatic rings. The zero-order valence-corrected chi connectivity index (χ0v) is 15.5. The second-order valence-corrected chi connectivity index (χ2v) is 6.86. The van der Waals surface area contributed by atoms with Crippen molar-refractivity contribution in [1.29, 1.82) is 0 Å². The van der Waals surface area contributed by atoms with Gasteiger partial charge in [0.25, 0.3) is 0 Å². The van der Waals surface area contributed by atoms with E-state index in [4.69, 9.17) is 0 Å². The van der Waals surface area contributed by atoms with E-state index in [1.807, 2.05) is 79.5 Å². The molecule has 0 aliphatic carbocycles. The predicted octanol–water partition coefficient (Wildman–Crippen LogP) is 3.64. The average Bonchev–Trinajstić information content (AvgIpc) is 2.68. The minimum atomic E-state index is -0.205. The van der Waals surface area contributed by atoms with E-state index in [1.165, 1.54) is 0 Å². The molecule has 4 nitrogen and oxygen atoms in total. The van der Waals surface area contributed by atoms with Gasteiger partial charge in [-0.05, 0) is 24.5 Å². The number of carbonyl (C=O) groups excluding carboxylic acids is 2. The molecule has 1 saturated heterocycles. The highest BCUT2D eigenvalue weighted by molar-refractivity contribution is 5.85. The summed E-state index contributed by atoms with van der Waals surface area (Å²) in [5.41, 5.74) is 2.15. The molecule has 1 heterocycles. The maximum atomic E-state index is 13.2.